The number of hydrogen-bond donors (Lipinski definition) is 0. The Morgan fingerprint density at radius 3 is 2.25 bits per heavy atom. The topological polar surface area (TPSA) is 17.1 Å². The molecule has 0 fully saturated rings. The van der Waals surface area contributed by atoms with Crippen molar-refractivity contribution >= 4 is 33.0 Å². The molecule has 1 nitrogen and oxygen atoms in total. The minimum absolute atomic E-state index is 0.117. The van der Waals surface area contributed by atoms with Crippen LogP contribution in [0.3, 0.4) is 0 Å². The lowest BCUT2D eigenvalue weighted by atomic mass is 9.98. The number of carbonyl (C=O) groups is 1. The first-order chi connectivity index (χ1) is 7.59. The molecule has 0 aliphatic rings. The number of hydrogen-bond acceptors (Lipinski definition) is 2. The zero-order chi connectivity index (χ0) is 11.7. The van der Waals surface area contributed by atoms with Crippen molar-refractivity contribution in [2.24, 2.45) is 0 Å². The zero-order valence-corrected chi connectivity index (χ0v) is 11.5. The molecule has 1 aromatic carbocycles. The molecule has 0 unspecified atom stereocenters. The van der Waals surface area contributed by atoms with Crippen LogP contribution in [0, 0.1) is 13.8 Å². The van der Waals surface area contributed by atoms with Crippen LogP contribution in [0.15, 0.2) is 34.1 Å². The summed E-state index contributed by atoms with van der Waals surface area (Å²) in [6, 6.07) is 9.70. The fourth-order valence-corrected chi connectivity index (χ4v) is 3.06. The third kappa shape index (κ3) is 2.11. The van der Waals surface area contributed by atoms with Crippen LogP contribution in [0.2, 0.25) is 0 Å². The Kier molecular flexibility index (Phi) is 3.26. The third-order valence-electron chi connectivity index (χ3n) is 2.51. The molecule has 2 rings (SSSR count). The van der Waals surface area contributed by atoms with Crippen LogP contribution in [-0.4, -0.2) is 5.78 Å². The number of carbonyl (C=O) groups excluding carboxylic acids is 1. The second-order valence-corrected chi connectivity index (χ2v) is 6.16. The standard InChI is InChI=1S/C13H11BrOS/c1-8-4-3-5-9(2)12(8)13(15)10-6-7-11(14)16-10/h3-7H,1-2H3. The summed E-state index contributed by atoms with van der Waals surface area (Å²) in [5.41, 5.74) is 2.90. The van der Waals surface area contributed by atoms with E-state index in [1.165, 1.54) is 11.3 Å². The predicted octanol–water partition coefficient (Wildman–Crippen LogP) is 4.36. The van der Waals surface area contributed by atoms with Gasteiger partial charge in [-0.3, -0.25) is 4.79 Å². The first-order valence-electron chi connectivity index (χ1n) is 4.96. The van der Waals surface area contributed by atoms with Gasteiger partial charge in [0, 0.05) is 5.56 Å². The van der Waals surface area contributed by atoms with E-state index >= 15 is 0 Å². The van der Waals surface area contributed by atoms with E-state index in [1.807, 2.05) is 44.2 Å². The number of rotatable bonds is 2. The maximum absolute atomic E-state index is 12.3. The monoisotopic (exact) mass is 294 g/mol. The van der Waals surface area contributed by atoms with Crippen molar-refractivity contribution in [2.45, 2.75) is 13.8 Å². The molecule has 1 heterocycles. The van der Waals surface area contributed by atoms with E-state index in [0.717, 1.165) is 25.4 Å². The largest absolute Gasteiger partial charge is 0.288 e. The predicted molar refractivity (Wildman–Crippen MR) is 71.4 cm³/mol. The van der Waals surface area contributed by atoms with Gasteiger partial charge in [0.2, 0.25) is 5.78 Å². The molecule has 1 aromatic heterocycles. The minimum atomic E-state index is 0.117. The van der Waals surface area contributed by atoms with E-state index in [0.29, 0.717) is 0 Å². The Labute approximate surface area is 107 Å². The molecule has 0 atom stereocenters. The summed E-state index contributed by atoms with van der Waals surface area (Å²) < 4.78 is 0.988. The summed E-state index contributed by atoms with van der Waals surface area (Å²) in [4.78, 5) is 13.1. The maximum atomic E-state index is 12.3. The van der Waals surface area contributed by atoms with Crippen molar-refractivity contribution in [3.8, 4) is 0 Å². The molecular formula is C13H11BrOS. The summed E-state index contributed by atoms with van der Waals surface area (Å²) in [5, 5.41) is 0. The van der Waals surface area contributed by atoms with Gasteiger partial charge in [0.15, 0.2) is 0 Å². The van der Waals surface area contributed by atoms with Gasteiger partial charge in [0.05, 0.1) is 8.66 Å². The molecule has 0 bridgehead atoms. The molecule has 0 spiro atoms. The summed E-state index contributed by atoms with van der Waals surface area (Å²) in [7, 11) is 0. The average molecular weight is 295 g/mol. The van der Waals surface area contributed by atoms with Crippen molar-refractivity contribution in [1.29, 1.82) is 0 Å². The van der Waals surface area contributed by atoms with Crippen LogP contribution < -0.4 is 0 Å². The van der Waals surface area contributed by atoms with Crippen molar-refractivity contribution in [2.75, 3.05) is 0 Å². The number of ketones is 1. The molecule has 0 aliphatic carbocycles. The van der Waals surface area contributed by atoms with Gasteiger partial charge in [0.25, 0.3) is 0 Å². The van der Waals surface area contributed by atoms with Crippen LogP contribution >= 0.6 is 27.3 Å². The first kappa shape index (κ1) is 11.6. The van der Waals surface area contributed by atoms with E-state index in [9.17, 15) is 4.79 Å². The van der Waals surface area contributed by atoms with Crippen molar-refractivity contribution < 1.29 is 4.79 Å². The minimum Gasteiger partial charge on any atom is -0.288 e. The third-order valence-corrected chi connectivity index (χ3v) is 4.13. The fourth-order valence-electron chi connectivity index (χ4n) is 1.73. The van der Waals surface area contributed by atoms with Gasteiger partial charge in [-0.05, 0) is 53.0 Å². The number of benzene rings is 1. The van der Waals surface area contributed by atoms with Crippen LogP contribution in [0.5, 0.6) is 0 Å². The van der Waals surface area contributed by atoms with Crippen molar-refractivity contribution in [1.82, 2.24) is 0 Å². The first-order valence-corrected chi connectivity index (χ1v) is 6.57. The molecule has 0 N–H and O–H groups in total. The SMILES string of the molecule is Cc1cccc(C)c1C(=O)c1ccc(Br)s1. The molecule has 0 radical (unpaired) electrons. The molecule has 2 aromatic rings. The van der Waals surface area contributed by atoms with E-state index in [-0.39, 0.29) is 5.78 Å². The van der Waals surface area contributed by atoms with Crippen molar-refractivity contribution in [3.63, 3.8) is 0 Å². The van der Waals surface area contributed by atoms with Gasteiger partial charge in [-0.1, -0.05) is 18.2 Å². The molecular weight excluding hydrogens is 284 g/mol. The van der Waals surface area contributed by atoms with Gasteiger partial charge in [0.1, 0.15) is 0 Å². The molecule has 3 heteroatoms. The lowest BCUT2D eigenvalue weighted by Crippen LogP contribution is -2.04. The Balaban J connectivity index is 2.49. The van der Waals surface area contributed by atoms with Gasteiger partial charge in [-0.25, -0.2) is 0 Å². The van der Waals surface area contributed by atoms with Crippen LogP contribution in [0.1, 0.15) is 26.4 Å². The second kappa shape index (κ2) is 4.52. The Hall–Kier alpha value is -0.930. The van der Waals surface area contributed by atoms with Crippen LogP contribution in [0.4, 0.5) is 0 Å². The highest BCUT2D eigenvalue weighted by Gasteiger charge is 2.15. The van der Waals surface area contributed by atoms with Gasteiger partial charge >= 0.3 is 0 Å². The molecule has 0 saturated carbocycles. The van der Waals surface area contributed by atoms with Crippen molar-refractivity contribution in [3.05, 3.63) is 55.7 Å². The zero-order valence-electron chi connectivity index (χ0n) is 9.08. The summed E-state index contributed by atoms with van der Waals surface area (Å²) in [6.45, 7) is 3.95. The smallest absolute Gasteiger partial charge is 0.203 e. The molecule has 16 heavy (non-hydrogen) atoms. The summed E-state index contributed by atoms with van der Waals surface area (Å²) in [5.74, 6) is 0.117. The lowest BCUT2D eigenvalue weighted by molar-refractivity contribution is 0.104. The van der Waals surface area contributed by atoms with Gasteiger partial charge < -0.3 is 0 Å². The Morgan fingerprint density at radius 1 is 1.12 bits per heavy atom. The number of thiophene rings is 1. The Bertz CT molecular complexity index is 522. The normalized spacial score (nSPS) is 10.4. The molecule has 82 valence electrons. The fraction of sp³-hybridized carbons (Fsp3) is 0.154. The Morgan fingerprint density at radius 2 is 1.75 bits per heavy atom. The molecule has 0 amide bonds. The van der Waals surface area contributed by atoms with E-state index in [4.69, 9.17) is 0 Å². The molecule has 0 aliphatic heterocycles. The van der Waals surface area contributed by atoms with Crippen LogP contribution in [-0.2, 0) is 0 Å². The quantitative estimate of drug-likeness (QED) is 0.752. The highest BCUT2D eigenvalue weighted by atomic mass is 79.9. The van der Waals surface area contributed by atoms with E-state index in [1.54, 1.807) is 0 Å². The van der Waals surface area contributed by atoms with Gasteiger partial charge in [-0.2, -0.15) is 0 Å². The summed E-state index contributed by atoms with van der Waals surface area (Å²) in [6.07, 6.45) is 0. The maximum Gasteiger partial charge on any atom is 0.203 e. The highest BCUT2D eigenvalue weighted by molar-refractivity contribution is 9.11. The lowest BCUT2D eigenvalue weighted by Gasteiger charge is -2.06. The highest BCUT2D eigenvalue weighted by Crippen LogP contribution is 2.26. The summed E-state index contributed by atoms with van der Waals surface area (Å²) >= 11 is 4.85. The van der Waals surface area contributed by atoms with E-state index in [2.05, 4.69) is 15.9 Å². The van der Waals surface area contributed by atoms with Crippen LogP contribution in [0.25, 0.3) is 0 Å². The average Bonchev–Trinajstić information content (AvgIpc) is 2.64. The van der Waals surface area contributed by atoms with Gasteiger partial charge in [-0.15, -0.1) is 11.3 Å². The number of aryl methyl sites for hydroxylation is 2. The molecule has 0 saturated heterocycles. The second-order valence-electron chi connectivity index (χ2n) is 3.70. The van der Waals surface area contributed by atoms with E-state index < -0.39 is 0 Å². The number of halogens is 1.